The summed E-state index contributed by atoms with van der Waals surface area (Å²) in [6, 6.07) is 5.91. The molecule has 410 valence electrons. The van der Waals surface area contributed by atoms with Gasteiger partial charge in [0.05, 0.1) is 47.9 Å². The Hall–Kier alpha value is -4.18. The highest BCUT2D eigenvalue weighted by molar-refractivity contribution is 8.00. The van der Waals surface area contributed by atoms with E-state index in [1.54, 1.807) is 66.8 Å². The fourth-order valence-corrected chi connectivity index (χ4v) is 12.3. The number of benzene rings is 1. The highest BCUT2D eigenvalue weighted by Gasteiger charge is 2.45. The Morgan fingerprint density at radius 3 is 2.15 bits per heavy atom. The lowest BCUT2D eigenvalue weighted by Gasteiger charge is -2.41. The van der Waals surface area contributed by atoms with Crippen LogP contribution in [0.4, 0.5) is 0 Å². The Kier molecular flexibility index (Phi) is 26.8. The fraction of sp³-hybridized carbons (Fsp3) is 0.709. The zero-order chi connectivity index (χ0) is 54.7. The molecule has 3 rings (SSSR count). The first kappa shape index (κ1) is 63.1. The van der Waals surface area contributed by atoms with Crippen molar-refractivity contribution in [2.24, 2.45) is 29.6 Å². The van der Waals surface area contributed by atoms with Crippen LogP contribution in [0.3, 0.4) is 0 Å². The van der Waals surface area contributed by atoms with Crippen LogP contribution in [0.25, 0.3) is 0 Å². The topological polar surface area (TPSA) is 200 Å². The molecule has 16 nitrogen and oxygen atoms in total. The number of unbranched alkanes of at least 4 members (excludes halogenated alkanes) is 2. The molecule has 0 bridgehead atoms. The lowest BCUT2D eigenvalue weighted by molar-refractivity contribution is -0.150. The normalized spacial score (nSPS) is 19.5. The van der Waals surface area contributed by atoms with Crippen molar-refractivity contribution in [3.8, 4) is 0 Å². The molecule has 0 spiro atoms. The Bertz CT molecular complexity index is 2020. The molecule has 2 unspecified atom stereocenters. The van der Waals surface area contributed by atoms with E-state index in [0.29, 0.717) is 38.6 Å². The first-order chi connectivity index (χ1) is 34.5. The van der Waals surface area contributed by atoms with E-state index in [1.807, 2.05) is 47.6 Å². The number of carboxylic acid groups (broad SMARTS) is 1. The van der Waals surface area contributed by atoms with E-state index in [2.05, 4.69) is 18.6 Å². The van der Waals surface area contributed by atoms with Gasteiger partial charge in [0.2, 0.25) is 35.4 Å². The number of amides is 6. The number of carboxylic acids is 1. The monoisotopic (exact) mass is 1060 g/mol. The van der Waals surface area contributed by atoms with Crippen LogP contribution in [-0.2, 0) is 54.3 Å². The van der Waals surface area contributed by atoms with Crippen LogP contribution in [-0.4, -0.2) is 174 Å². The standard InChI is InChI=1S/C55H88N5O11PS/c1-14-37(7)50(44(70-11)31-47(63)60-33-36(6)28-42(60)51(71-12)38(8)52(65)56-41(55(68)69)29-39-22-17-15-18-23-39)58(10)53(66)40(34(2)3)30-43(61)49(35(4)5)57(9)46(62)24-19-16-20-25-59-48(64)32-45(54(59)67)73-27-21-26-72-13/h15,17-18,22-23,34-35,37-38,40-42,44-45,49-51,72H,6,14,16,19-21,24-33H2,1-5,7-13H3,(H,56,65)(H,68,69)/t37-,38+,40-,41-,42-,44+,45?,49-,50-,51+/m0/s1. The molecule has 1 aromatic carbocycles. The van der Waals surface area contributed by atoms with Crippen molar-refractivity contribution in [3.63, 3.8) is 0 Å². The number of ketones is 1. The van der Waals surface area contributed by atoms with Gasteiger partial charge in [0, 0.05) is 73.0 Å². The highest BCUT2D eigenvalue weighted by atomic mass is 32.2. The van der Waals surface area contributed by atoms with Crippen LogP contribution in [0.1, 0.15) is 118 Å². The summed E-state index contributed by atoms with van der Waals surface area (Å²) in [4.78, 5) is 115. The summed E-state index contributed by atoms with van der Waals surface area (Å²) in [5, 5.41) is 12.4. The number of likely N-dealkylation sites (tertiary alicyclic amines) is 2. The SMILES string of the molecule is C=C1C[C@@H]([C@H](OC)[C@@H](C)C(=O)N[C@@H](Cc2ccccc2)C(=O)O)N(C(=O)C[C@@H](OC)[C@H]([C@@H](C)CC)N(C)C(=O)[C@@H](CC(=O)[C@H](C(C)C)N(C)C(=O)CCCCCN2C(=O)CC(SCCCPC)C2=O)C(C)C)C1. The van der Waals surface area contributed by atoms with Crippen LogP contribution >= 0.6 is 20.3 Å². The molecule has 2 aliphatic heterocycles. The van der Waals surface area contributed by atoms with Gasteiger partial charge in [0.25, 0.3) is 0 Å². The third-order valence-corrected chi connectivity index (χ3v) is 17.0. The maximum absolute atomic E-state index is 14.7. The van der Waals surface area contributed by atoms with E-state index in [1.165, 1.54) is 24.0 Å². The number of rotatable bonds is 33. The zero-order valence-corrected chi connectivity index (χ0v) is 47.7. The van der Waals surface area contributed by atoms with Gasteiger partial charge in [-0.05, 0) is 67.6 Å². The van der Waals surface area contributed by atoms with Crippen molar-refractivity contribution in [2.45, 2.75) is 161 Å². The largest absolute Gasteiger partial charge is 0.480 e. The number of likely N-dealkylation sites (N-methyl/N-ethyl adjacent to an activating group) is 2. The van der Waals surface area contributed by atoms with Gasteiger partial charge in [-0.1, -0.05) is 104 Å². The van der Waals surface area contributed by atoms with Gasteiger partial charge in [0.15, 0.2) is 5.78 Å². The van der Waals surface area contributed by atoms with Crippen LogP contribution < -0.4 is 5.32 Å². The molecule has 2 heterocycles. The summed E-state index contributed by atoms with van der Waals surface area (Å²) < 4.78 is 12.0. The van der Waals surface area contributed by atoms with Gasteiger partial charge < -0.3 is 34.6 Å². The van der Waals surface area contributed by atoms with Crippen molar-refractivity contribution < 1.29 is 52.9 Å². The Morgan fingerprint density at radius 2 is 1.58 bits per heavy atom. The first-order valence-corrected chi connectivity index (χ1v) is 29.0. The van der Waals surface area contributed by atoms with Gasteiger partial charge in [0.1, 0.15) is 6.04 Å². The number of aliphatic carboxylic acids is 1. The van der Waals surface area contributed by atoms with Crippen LogP contribution in [0.2, 0.25) is 0 Å². The van der Waals surface area contributed by atoms with Crippen molar-refractivity contribution >= 4 is 67.5 Å². The highest BCUT2D eigenvalue weighted by Crippen LogP contribution is 2.33. The molecule has 73 heavy (non-hydrogen) atoms. The second-order valence-corrected chi connectivity index (χ2v) is 23.4. The molecule has 0 saturated carbocycles. The van der Waals surface area contributed by atoms with Gasteiger partial charge in [-0.2, -0.15) is 0 Å². The number of carbonyl (C=O) groups excluding carboxylic acids is 7. The number of Topliss-reactive ketones (excluding diaryl/α,β-unsaturated/α-hetero) is 1. The predicted octanol–water partition coefficient (Wildman–Crippen LogP) is 6.72. The number of hydrogen-bond acceptors (Lipinski definition) is 11. The first-order valence-electron chi connectivity index (χ1n) is 26.3. The minimum absolute atomic E-state index is 0.0903. The van der Waals surface area contributed by atoms with E-state index in [4.69, 9.17) is 9.47 Å². The molecular weight excluding hydrogens is 970 g/mol. The minimum atomic E-state index is -1.18. The second-order valence-electron chi connectivity index (χ2n) is 20.9. The van der Waals surface area contributed by atoms with Gasteiger partial charge in [-0.3, -0.25) is 38.5 Å². The van der Waals surface area contributed by atoms with Gasteiger partial charge >= 0.3 is 5.97 Å². The lowest BCUT2D eigenvalue weighted by Crippen LogP contribution is -2.55. The molecule has 11 atom stereocenters. The molecule has 2 N–H and O–H groups in total. The van der Waals surface area contributed by atoms with Gasteiger partial charge in [-0.25, -0.2) is 4.79 Å². The molecule has 2 aliphatic rings. The Balaban J connectivity index is 1.69. The molecule has 0 radical (unpaired) electrons. The van der Waals surface area contributed by atoms with Gasteiger partial charge in [-0.15, -0.1) is 20.3 Å². The molecule has 18 heteroatoms. The average molecular weight is 1060 g/mol. The van der Waals surface area contributed by atoms with Crippen molar-refractivity contribution in [1.82, 2.24) is 24.9 Å². The van der Waals surface area contributed by atoms with E-state index < -0.39 is 60.1 Å². The zero-order valence-electron chi connectivity index (χ0n) is 45.9. The van der Waals surface area contributed by atoms with E-state index in [-0.39, 0.29) is 97.0 Å². The number of nitrogens with zero attached hydrogens (tertiary/aromatic N) is 4. The van der Waals surface area contributed by atoms with Crippen molar-refractivity contribution in [1.29, 1.82) is 0 Å². The van der Waals surface area contributed by atoms with Crippen molar-refractivity contribution in [3.05, 3.63) is 48.0 Å². The number of thioether (sulfide) groups is 1. The maximum Gasteiger partial charge on any atom is 0.326 e. The number of carbonyl (C=O) groups is 8. The minimum Gasteiger partial charge on any atom is -0.480 e. The van der Waals surface area contributed by atoms with E-state index >= 15 is 0 Å². The summed E-state index contributed by atoms with van der Waals surface area (Å²) in [5.41, 5.74) is 1.52. The smallest absolute Gasteiger partial charge is 0.326 e. The summed E-state index contributed by atoms with van der Waals surface area (Å²) in [6.07, 6.45) is 3.72. The number of ether oxygens (including phenoxy) is 2. The van der Waals surface area contributed by atoms with E-state index in [9.17, 15) is 43.5 Å². The molecule has 2 saturated heterocycles. The quantitative estimate of drug-likeness (QED) is 0.0327. The summed E-state index contributed by atoms with van der Waals surface area (Å²) in [7, 11) is 7.17. The van der Waals surface area contributed by atoms with Crippen LogP contribution in [0.15, 0.2) is 42.5 Å². The third kappa shape index (κ3) is 18.0. The van der Waals surface area contributed by atoms with Crippen molar-refractivity contribution in [2.75, 3.05) is 60.0 Å². The average Bonchev–Trinajstić information content (AvgIpc) is 3.87. The van der Waals surface area contributed by atoms with Crippen LogP contribution in [0, 0.1) is 29.6 Å². The molecule has 0 aliphatic carbocycles. The fourth-order valence-electron chi connectivity index (χ4n) is 10.4. The molecular formula is C55H88N5O11PS. The second kappa shape index (κ2) is 31.0. The molecule has 2 fully saturated rings. The maximum atomic E-state index is 14.7. The Labute approximate surface area is 442 Å². The predicted molar refractivity (Wildman–Crippen MR) is 289 cm³/mol. The summed E-state index contributed by atoms with van der Waals surface area (Å²) in [6.45, 7) is 20.1. The lowest BCUT2D eigenvalue weighted by atomic mass is 9.83. The number of imide groups is 1. The molecule has 0 aromatic heterocycles. The van der Waals surface area contributed by atoms with Crippen LogP contribution in [0.5, 0.6) is 0 Å². The van der Waals surface area contributed by atoms with E-state index in [0.717, 1.165) is 38.1 Å². The summed E-state index contributed by atoms with van der Waals surface area (Å²) >= 11 is 1.57. The number of nitrogens with one attached hydrogen (secondary N) is 1. The summed E-state index contributed by atoms with van der Waals surface area (Å²) in [5.74, 6) is -4.23. The number of methoxy groups -OCH3 is 2. The molecule has 1 aromatic rings. The molecule has 6 amide bonds. The third-order valence-electron chi connectivity index (χ3n) is 14.8. The number of hydrogen-bond donors (Lipinski definition) is 2. The Morgan fingerprint density at radius 1 is 0.904 bits per heavy atom.